The molecule has 1 aliphatic rings. The minimum absolute atomic E-state index is 0.747. The maximum Gasteiger partial charge on any atom is 0.0195 e. The molecule has 0 radical (unpaired) electrons. The lowest BCUT2D eigenvalue weighted by Crippen LogP contribution is -2.45. The molecule has 0 spiro atoms. The Morgan fingerprint density at radius 2 is 2.00 bits per heavy atom. The second-order valence-electron chi connectivity index (χ2n) is 6.64. The highest BCUT2D eigenvalue weighted by Gasteiger charge is 2.18. The summed E-state index contributed by atoms with van der Waals surface area (Å²) < 4.78 is 0. The van der Waals surface area contributed by atoms with Gasteiger partial charge >= 0.3 is 0 Å². The molecule has 0 bridgehead atoms. The second-order valence-corrected chi connectivity index (χ2v) is 6.64. The molecule has 2 heteroatoms. The molecule has 2 unspecified atom stereocenters. The Bertz CT molecular complexity index is 197. The van der Waals surface area contributed by atoms with E-state index in [2.05, 4.69) is 37.9 Å². The quantitative estimate of drug-likeness (QED) is 0.713. The number of rotatable bonds is 8. The molecule has 1 saturated heterocycles. The molecular weight excluding hydrogens is 220 g/mol. The van der Waals surface area contributed by atoms with Gasteiger partial charge in [0.1, 0.15) is 0 Å². The second kappa shape index (κ2) is 8.92. The average molecular weight is 254 g/mol. The molecule has 0 aromatic carbocycles. The molecule has 1 N–H and O–H groups in total. The summed E-state index contributed by atoms with van der Waals surface area (Å²) in [4.78, 5) is 2.69. The first-order valence-corrected chi connectivity index (χ1v) is 8.07. The molecule has 1 aliphatic heterocycles. The lowest BCUT2D eigenvalue weighted by Gasteiger charge is -2.32. The van der Waals surface area contributed by atoms with E-state index in [4.69, 9.17) is 0 Å². The first-order valence-electron chi connectivity index (χ1n) is 8.07. The van der Waals surface area contributed by atoms with Crippen LogP contribution in [0.3, 0.4) is 0 Å². The SMILES string of the molecule is CCCN(CC(C)CC(C)C)CC1CCCCN1. The van der Waals surface area contributed by atoms with Gasteiger partial charge in [-0.25, -0.2) is 0 Å². The Morgan fingerprint density at radius 1 is 1.22 bits per heavy atom. The van der Waals surface area contributed by atoms with Crippen molar-refractivity contribution < 1.29 is 0 Å². The zero-order valence-corrected chi connectivity index (χ0v) is 13.0. The van der Waals surface area contributed by atoms with E-state index in [0.29, 0.717) is 0 Å². The molecule has 0 saturated carbocycles. The predicted molar refractivity (Wildman–Crippen MR) is 81.0 cm³/mol. The van der Waals surface area contributed by atoms with E-state index in [9.17, 15) is 0 Å². The highest BCUT2D eigenvalue weighted by Crippen LogP contribution is 2.14. The van der Waals surface area contributed by atoms with Crippen molar-refractivity contribution in [2.45, 2.75) is 65.8 Å². The van der Waals surface area contributed by atoms with Crippen molar-refractivity contribution in [3.05, 3.63) is 0 Å². The van der Waals surface area contributed by atoms with Crippen LogP contribution < -0.4 is 5.32 Å². The third kappa shape index (κ3) is 6.75. The average Bonchev–Trinajstić information content (AvgIpc) is 2.29. The van der Waals surface area contributed by atoms with E-state index in [1.165, 1.54) is 58.3 Å². The van der Waals surface area contributed by atoms with Crippen molar-refractivity contribution in [3.8, 4) is 0 Å². The summed E-state index contributed by atoms with van der Waals surface area (Å²) in [6.07, 6.45) is 6.80. The molecule has 18 heavy (non-hydrogen) atoms. The number of piperidine rings is 1. The molecule has 0 aromatic heterocycles. The third-order valence-corrected chi connectivity index (χ3v) is 3.87. The monoisotopic (exact) mass is 254 g/mol. The lowest BCUT2D eigenvalue weighted by atomic mass is 9.97. The maximum atomic E-state index is 3.68. The van der Waals surface area contributed by atoms with Crippen molar-refractivity contribution in [1.82, 2.24) is 10.2 Å². The Balaban J connectivity index is 2.33. The molecular formula is C16H34N2. The molecule has 2 atom stereocenters. The van der Waals surface area contributed by atoms with Crippen LogP contribution in [0.2, 0.25) is 0 Å². The van der Waals surface area contributed by atoms with E-state index in [1.807, 2.05) is 0 Å². The van der Waals surface area contributed by atoms with Crippen LogP contribution in [0.4, 0.5) is 0 Å². The first-order chi connectivity index (χ1) is 8.61. The summed E-state index contributed by atoms with van der Waals surface area (Å²) in [5, 5.41) is 3.68. The van der Waals surface area contributed by atoms with Gasteiger partial charge in [0.05, 0.1) is 0 Å². The molecule has 0 aliphatic carbocycles. The van der Waals surface area contributed by atoms with Gasteiger partial charge in [0, 0.05) is 19.1 Å². The Morgan fingerprint density at radius 3 is 2.56 bits per heavy atom. The van der Waals surface area contributed by atoms with E-state index in [1.54, 1.807) is 0 Å². The van der Waals surface area contributed by atoms with Gasteiger partial charge in [-0.2, -0.15) is 0 Å². The van der Waals surface area contributed by atoms with E-state index >= 15 is 0 Å². The van der Waals surface area contributed by atoms with E-state index < -0.39 is 0 Å². The van der Waals surface area contributed by atoms with Crippen LogP contribution >= 0.6 is 0 Å². The van der Waals surface area contributed by atoms with Crippen LogP contribution in [-0.2, 0) is 0 Å². The predicted octanol–water partition coefficient (Wildman–Crippen LogP) is 3.52. The fraction of sp³-hybridized carbons (Fsp3) is 1.00. The van der Waals surface area contributed by atoms with Crippen molar-refractivity contribution in [2.75, 3.05) is 26.2 Å². The smallest absolute Gasteiger partial charge is 0.0195 e. The minimum atomic E-state index is 0.747. The lowest BCUT2D eigenvalue weighted by molar-refractivity contribution is 0.190. The fourth-order valence-corrected chi connectivity index (χ4v) is 3.28. The van der Waals surface area contributed by atoms with Gasteiger partial charge in [0.25, 0.3) is 0 Å². The van der Waals surface area contributed by atoms with E-state index in [-0.39, 0.29) is 0 Å². The number of hydrogen-bond acceptors (Lipinski definition) is 2. The van der Waals surface area contributed by atoms with Crippen LogP contribution in [0, 0.1) is 11.8 Å². The van der Waals surface area contributed by atoms with Gasteiger partial charge in [0.15, 0.2) is 0 Å². The van der Waals surface area contributed by atoms with E-state index in [0.717, 1.165) is 17.9 Å². The summed E-state index contributed by atoms with van der Waals surface area (Å²) in [7, 11) is 0. The van der Waals surface area contributed by atoms with Gasteiger partial charge in [0.2, 0.25) is 0 Å². The Hall–Kier alpha value is -0.0800. The van der Waals surface area contributed by atoms with Gasteiger partial charge in [-0.1, -0.05) is 34.1 Å². The van der Waals surface area contributed by atoms with Gasteiger partial charge in [-0.15, -0.1) is 0 Å². The van der Waals surface area contributed by atoms with Crippen molar-refractivity contribution in [1.29, 1.82) is 0 Å². The first kappa shape index (κ1) is 16.0. The van der Waals surface area contributed by atoms with Crippen LogP contribution in [0.5, 0.6) is 0 Å². The highest BCUT2D eigenvalue weighted by atomic mass is 15.1. The minimum Gasteiger partial charge on any atom is -0.313 e. The van der Waals surface area contributed by atoms with Crippen LogP contribution in [0.1, 0.15) is 59.8 Å². The fourth-order valence-electron chi connectivity index (χ4n) is 3.28. The molecule has 0 amide bonds. The molecule has 1 rings (SSSR count). The normalized spacial score (nSPS) is 22.7. The summed E-state index contributed by atoms with van der Waals surface area (Å²) >= 11 is 0. The molecule has 0 aromatic rings. The maximum absolute atomic E-state index is 3.68. The number of hydrogen-bond donors (Lipinski definition) is 1. The van der Waals surface area contributed by atoms with Crippen molar-refractivity contribution >= 4 is 0 Å². The summed E-state index contributed by atoms with van der Waals surface area (Å²) in [6.45, 7) is 14.4. The number of nitrogens with zero attached hydrogens (tertiary/aromatic N) is 1. The Kier molecular flexibility index (Phi) is 7.92. The summed E-state index contributed by atoms with van der Waals surface area (Å²) in [5.41, 5.74) is 0. The zero-order valence-electron chi connectivity index (χ0n) is 13.0. The molecule has 1 heterocycles. The third-order valence-electron chi connectivity index (χ3n) is 3.87. The summed E-state index contributed by atoms with van der Waals surface area (Å²) in [6, 6.07) is 0.747. The van der Waals surface area contributed by atoms with Crippen molar-refractivity contribution in [2.24, 2.45) is 11.8 Å². The zero-order chi connectivity index (χ0) is 13.4. The van der Waals surface area contributed by atoms with Crippen LogP contribution in [0.25, 0.3) is 0 Å². The van der Waals surface area contributed by atoms with Gasteiger partial charge in [-0.3, -0.25) is 0 Å². The van der Waals surface area contributed by atoms with Crippen LogP contribution in [0.15, 0.2) is 0 Å². The van der Waals surface area contributed by atoms with Gasteiger partial charge < -0.3 is 10.2 Å². The topological polar surface area (TPSA) is 15.3 Å². The largest absolute Gasteiger partial charge is 0.313 e. The molecule has 2 nitrogen and oxygen atoms in total. The van der Waals surface area contributed by atoms with Crippen molar-refractivity contribution in [3.63, 3.8) is 0 Å². The van der Waals surface area contributed by atoms with Gasteiger partial charge in [-0.05, 0) is 50.6 Å². The Labute approximate surface area is 115 Å². The summed E-state index contributed by atoms with van der Waals surface area (Å²) in [5.74, 6) is 1.66. The molecule has 108 valence electrons. The number of nitrogens with one attached hydrogen (secondary N) is 1. The standard InChI is InChI=1S/C16H34N2/c1-5-10-18(12-15(4)11-14(2)3)13-16-8-6-7-9-17-16/h14-17H,5-13H2,1-4H3. The van der Waals surface area contributed by atoms with Crippen LogP contribution in [-0.4, -0.2) is 37.1 Å². The highest BCUT2D eigenvalue weighted by molar-refractivity contribution is 4.77. The molecule has 1 fully saturated rings.